The van der Waals surface area contributed by atoms with E-state index < -0.39 is 0 Å². The first-order chi connectivity index (χ1) is 4.34. The summed E-state index contributed by atoms with van der Waals surface area (Å²) in [5.74, 6) is 0. The molecule has 0 heterocycles. The molecule has 1 aromatic rings. The van der Waals surface area contributed by atoms with Gasteiger partial charge in [0.2, 0.25) is 0 Å². The van der Waals surface area contributed by atoms with E-state index in [9.17, 15) is 0 Å². The van der Waals surface area contributed by atoms with Gasteiger partial charge in [-0.2, -0.15) is 0 Å². The van der Waals surface area contributed by atoms with Crippen molar-refractivity contribution in [3.8, 4) is 0 Å². The van der Waals surface area contributed by atoms with Crippen LogP contribution >= 0.6 is 0 Å². The zero-order valence-electron chi connectivity index (χ0n) is 7.17. The molecule has 0 aromatic heterocycles. The second kappa shape index (κ2) is 7.07. The van der Waals surface area contributed by atoms with Gasteiger partial charge < -0.3 is 13.2 Å². The molecule has 0 radical (unpaired) electrons. The second-order valence-corrected chi connectivity index (χ2v) is 1.87. The maximum absolute atomic E-state index is 5.29. The van der Waals surface area contributed by atoms with E-state index in [1.165, 1.54) is 0 Å². The number of hydrogen-bond donors (Lipinski definition) is 1. The van der Waals surface area contributed by atoms with Crippen molar-refractivity contribution in [1.82, 2.24) is 0 Å². The maximum Gasteiger partial charge on any atom is 1.00 e. The minimum Gasteiger partial charge on any atom is -0.404 e. The van der Waals surface area contributed by atoms with Gasteiger partial charge in [-0.3, -0.25) is 0 Å². The van der Waals surface area contributed by atoms with Crippen molar-refractivity contribution in [3.63, 3.8) is 0 Å². The summed E-state index contributed by atoms with van der Waals surface area (Å²) in [6.07, 6.45) is 1.56. The monoisotopic (exact) mass is 173 g/mol. The fraction of sp³-hybridized carbons (Fsp3) is 0. The van der Waals surface area contributed by atoms with Crippen LogP contribution in [0.4, 0.5) is 0 Å². The summed E-state index contributed by atoms with van der Waals surface area (Å²) in [6, 6.07) is 7.74. The van der Waals surface area contributed by atoms with E-state index >= 15 is 0 Å². The Morgan fingerprint density at radius 2 is 1.82 bits per heavy atom. The first-order valence-corrected chi connectivity index (χ1v) is 2.80. The molecular weight excluding hydrogens is 161 g/mol. The van der Waals surface area contributed by atoms with Gasteiger partial charge in [0.05, 0.1) is 0 Å². The summed E-state index contributed by atoms with van der Waals surface area (Å²) < 4.78 is 0. The van der Waals surface area contributed by atoms with Crippen LogP contribution in [0, 0.1) is 7.43 Å². The molecule has 0 unspecified atom stereocenters. The van der Waals surface area contributed by atoms with Gasteiger partial charge in [0.1, 0.15) is 0 Å². The van der Waals surface area contributed by atoms with Gasteiger partial charge in [0.15, 0.2) is 0 Å². The van der Waals surface area contributed by atoms with Gasteiger partial charge in [-0.1, -0.05) is 30.8 Å². The Balaban J connectivity index is 0. The van der Waals surface area contributed by atoms with E-state index in [0.717, 1.165) is 10.4 Å². The average molecular weight is 173 g/mol. The second-order valence-electron chi connectivity index (χ2n) is 1.87. The zero-order chi connectivity index (χ0) is 6.69. The summed E-state index contributed by atoms with van der Waals surface area (Å²) in [5, 5.41) is 1.97. The van der Waals surface area contributed by atoms with Crippen LogP contribution < -0.4 is 67.6 Å². The summed E-state index contributed by atoms with van der Waals surface area (Å²) >= 11 is 0. The zero-order valence-corrected chi connectivity index (χ0v) is 10.3. The molecule has 0 saturated carbocycles. The molecule has 0 aliphatic rings. The van der Waals surface area contributed by atoms with Crippen LogP contribution in [-0.2, 0) is 0 Å². The molecule has 1 rings (SSSR count). The van der Waals surface area contributed by atoms with E-state index in [2.05, 4.69) is 6.58 Å². The van der Waals surface area contributed by atoms with E-state index in [1.807, 2.05) is 24.3 Å². The molecule has 0 bridgehead atoms. The molecule has 0 aliphatic heterocycles. The molecule has 0 amide bonds. The van der Waals surface area contributed by atoms with Crippen molar-refractivity contribution in [2.45, 2.75) is 0 Å². The standard InChI is InChI=1S/C8H9N.CH3.K/c1-7-4-2-3-5-8(7)6-9;;/h2-6H,1,9H2;1H3;/q;-1;+1/b8-6-;;. The van der Waals surface area contributed by atoms with Crippen LogP contribution in [-0.4, -0.2) is 0 Å². The first kappa shape index (κ1) is 14.0. The Labute approximate surface area is 110 Å². The van der Waals surface area contributed by atoms with Crippen LogP contribution in [0.2, 0.25) is 0 Å². The molecule has 0 atom stereocenters. The Hall–Kier alpha value is 0.396. The Kier molecular flexibility index (Phi) is 8.96. The summed E-state index contributed by atoms with van der Waals surface area (Å²) in [6.45, 7) is 3.78. The quantitative estimate of drug-likeness (QED) is 0.334. The number of rotatable bonds is 0. The molecule has 54 valence electrons. The molecule has 2 heteroatoms. The van der Waals surface area contributed by atoms with Crippen molar-refractivity contribution >= 4 is 12.8 Å². The van der Waals surface area contributed by atoms with Crippen LogP contribution in [0.15, 0.2) is 24.3 Å². The van der Waals surface area contributed by atoms with Crippen LogP contribution in [0.25, 0.3) is 12.8 Å². The molecule has 0 saturated heterocycles. The predicted octanol–water partition coefficient (Wildman–Crippen LogP) is -2.75. The Morgan fingerprint density at radius 1 is 1.27 bits per heavy atom. The van der Waals surface area contributed by atoms with E-state index in [-0.39, 0.29) is 58.8 Å². The third-order valence-corrected chi connectivity index (χ3v) is 1.23. The topological polar surface area (TPSA) is 26.0 Å². The Morgan fingerprint density at radius 3 is 2.18 bits per heavy atom. The van der Waals surface area contributed by atoms with Gasteiger partial charge in [0, 0.05) is 6.20 Å². The molecule has 0 spiro atoms. The number of hydrogen-bond acceptors (Lipinski definition) is 1. The third-order valence-electron chi connectivity index (χ3n) is 1.23. The molecule has 1 aromatic carbocycles. The smallest absolute Gasteiger partial charge is 0.404 e. The molecule has 11 heavy (non-hydrogen) atoms. The largest absolute Gasteiger partial charge is 1.00 e. The number of benzene rings is 1. The molecule has 1 nitrogen and oxygen atoms in total. The van der Waals surface area contributed by atoms with Gasteiger partial charge in [-0.25, -0.2) is 0 Å². The SMILES string of the molecule is C=c1cccc/c1=C/N.[CH3-].[K+]. The van der Waals surface area contributed by atoms with Gasteiger partial charge in [-0.15, -0.1) is 0 Å². The van der Waals surface area contributed by atoms with Crippen molar-refractivity contribution in [1.29, 1.82) is 0 Å². The van der Waals surface area contributed by atoms with Crippen LogP contribution in [0.1, 0.15) is 0 Å². The molecular formula is C9H12KN. The van der Waals surface area contributed by atoms with Crippen molar-refractivity contribution in [3.05, 3.63) is 42.1 Å². The fourth-order valence-electron chi connectivity index (χ4n) is 0.697. The van der Waals surface area contributed by atoms with Gasteiger partial charge >= 0.3 is 51.4 Å². The molecule has 0 aliphatic carbocycles. The minimum atomic E-state index is 0. The van der Waals surface area contributed by atoms with Gasteiger partial charge in [-0.05, 0) is 10.4 Å². The van der Waals surface area contributed by atoms with E-state index in [0.29, 0.717) is 0 Å². The van der Waals surface area contributed by atoms with Crippen molar-refractivity contribution in [2.75, 3.05) is 0 Å². The van der Waals surface area contributed by atoms with E-state index in [4.69, 9.17) is 5.73 Å². The molecule has 2 N–H and O–H groups in total. The summed E-state index contributed by atoms with van der Waals surface area (Å²) in [5.41, 5.74) is 5.29. The normalized spacial score (nSPS) is 9.64. The number of nitrogens with two attached hydrogens (primary N) is 1. The minimum absolute atomic E-state index is 0. The van der Waals surface area contributed by atoms with Crippen molar-refractivity contribution < 1.29 is 51.4 Å². The average Bonchev–Trinajstić information content (AvgIpc) is 1.89. The maximum atomic E-state index is 5.29. The van der Waals surface area contributed by atoms with Gasteiger partial charge in [0.25, 0.3) is 0 Å². The Bertz CT molecular complexity index is 293. The molecule has 0 fully saturated rings. The predicted molar refractivity (Wildman–Crippen MR) is 46.3 cm³/mol. The summed E-state index contributed by atoms with van der Waals surface area (Å²) in [7, 11) is 0. The van der Waals surface area contributed by atoms with E-state index in [1.54, 1.807) is 6.20 Å². The first-order valence-electron chi connectivity index (χ1n) is 2.80. The summed E-state index contributed by atoms with van der Waals surface area (Å²) in [4.78, 5) is 0. The van der Waals surface area contributed by atoms with Crippen LogP contribution in [0.3, 0.4) is 0 Å². The van der Waals surface area contributed by atoms with Crippen LogP contribution in [0.5, 0.6) is 0 Å². The third kappa shape index (κ3) is 4.08. The fourth-order valence-corrected chi connectivity index (χ4v) is 0.697. The van der Waals surface area contributed by atoms with Crippen molar-refractivity contribution in [2.24, 2.45) is 5.73 Å².